The van der Waals surface area contributed by atoms with Crippen LogP contribution >= 0.6 is 11.3 Å². The second-order valence-corrected chi connectivity index (χ2v) is 9.26. The maximum atomic E-state index is 13.5. The number of fused-ring (bicyclic) bond motifs is 1. The van der Waals surface area contributed by atoms with Crippen LogP contribution in [0.2, 0.25) is 0 Å². The maximum absolute atomic E-state index is 13.5. The van der Waals surface area contributed by atoms with Gasteiger partial charge in [-0.3, -0.25) is 19.0 Å². The molecule has 9 heteroatoms. The molecular weight excluding hydrogens is 442 g/mol. The number of aromatic nitrogens is 2. The third-order valence-electron chi connectivity index (χ3n) is 6.19. The monoisotopic (exact) mass is 469 g/mol. The van der Waals surface area contributed by atoms with Gasteiger partial charge >= 0.3 is 11.7 Å². The zero-order chi connectivity index (χ0) is 23.7. The highest BCUT2D eigenvalue weighted by atomic mass is 32.1. The van der Waals surface area contributed by atoms with E-state index in [9.17, 15) is 19.2 Å². The molecule has 0 aliphatic carbocycles. The Hall–Kier alpha value is -3.20. The Labute approximate surface area is 195 Å². The van der Waals surface area contributed by atoms with Crippen molar-refractivity contribution in [2.75, 3.05) is 19.7 Å². The molecule has 1 fully saturated rings. The number of piperidine rings is 1. The van der Waals surface area contributed by atoms with E-state index in [2.05, 4.69) is 0 Å². The molecule has 4 rings (SSSR count). The minimum Gasteiger partial charge on any atom is -0.466 e. The van der Waals surface area contributed by atoms with E-state index in [1.54, 1.807) is 35.4 Å². The van der Waals surface area contributed by atoms with Gasteiger partial charge in [0.25, 0.3) is 5.56 Å². The Kier molecular flexibility index (Phi) is 6.51. The molecule has 0 spiro atoms. The van der Waals surface area contributed by atoms with E-state index < -0.39 is 11.2 Å². The summed E-state index contributed by atoms with van der Waals surface area (Å²) in [4.78, 5) is 53.5. The third kappa shape index (κ3) is 4.37. The van der Waals surface area contributed by atoms with Crippen LogP contribution in [-0.2, 0) is 20.9 Å². The standard InChI is InChI=1S/C24H27N3O5S/c1-4-32-23(30)17-6-5-10-25(13-17)20(28)14-26-19-9-11-33-21(19)22(29)27(24(26)31)18-8-7-15(2)16(3)12-18/h7-9,11-12,17H,4-6,10,13-14H2,1-3H3. The molecule has 0 bridgehead atoms. The van der Waals surface area contributed by atoms with Crippen molar-refractivity contribution < 1.29 is 14.3 Å². The van der Waals surface area contributed by atoms with Gasteiger partial charge in [0.15, 0.2) is 0 Å². The molecule has 1 atom stereocenters. The molecule has 174 valence electrons. The summed E-state index contributed by atoms with van der Waals surface area (Å²) < 4.78 is 8.04. The average molecular weight is 470 g/mol. The van der Waals surface area contributed by atoms with Gasteiger partial charge in [-0.25, -0.2) is 9.36 Å². The highest BCUT2D eigenvalue weighted by molar-refractivity contribution is 7.17. The number of thiophene rings is 1. The zero-order valence-electron chi connectivity index (χ0n) is 19.0. The van der Waals surface area contributed by atoms with E-state index in [0.29, 0.717) is 41.9 Å². The van der Waals surface area contributed by atoms with Crippen molar-refractivity contribution in [3.63, 3.8) is 0 Å². The SMILES string of the molecule is CCOC(=O)C1CCCN(C(=O)Cn2c(=O)n(-c3ccc(C)c(C)c3)c(=O)c3sccc32)C1. The summed E-state index contributed by atoms with van der Waals surface area (Å²) in [6, 6.07) is 7.11. The van der Waals surface area contributed by atoms with Crippen molar-refractivity contribution in [3.8, 4) is 5.69 Å². The van der Waals surface area contributed by atoms with Gasteiger partial charge in [0, 0.05) is 13.1 Å². The Morgan fingerprint density at radius 2 is 1.94 bits per heavy atom. The Morgan fingerprint density at radius 3 is 2.67 bits per heavy atom. The van der Waals surface area contributed by atoms with E-state index >= 15 is 0 Å². The summed E-state index contributed by atoms with van der Waals surface area (Å²) >= 11 is 1.25. The first-order valence-electron chi connectivity index (χ1n) is 11.1. The summed E-state index contributed by atoms with van der Waals surface area (Å²) in [5.41, 5.74) is 2.00. The molecule has 2 aromatic heterocycles. The van der Waals surface area contributed by atoms with E-state index in [1.807, 2.05) is 19.9 Å². The Bertz CT molecular complexity index is 1340. The molecule has 0 saturated carbocycles. The van der Waals surface area contributed by atoms with Crippen molar-refractivity contribution in [2.24, 2.45) is 5.92 Å². The second-order valence-electron chi connectivity index (χ2n) is 8.34. The fourth-order valence-electron chi connectivity index (χ4n) is 4.22. The fourth-order valence-corrected chi connectivity index (χ4v) is 5.05. The van der Waals surface area contributed by atoms with Gasteiger partial charge in [-0.15, -0.1) is 11.3 Å². The van der Waals surface area contributed by atoms with E-state index in [0.717, 1.165) is 15.7 Å². The molecule has 8 nitrogen and oxygen atoms in total. The summed E-state index contributed by atoms with van der Waals surface area (Å²) in [5, 5.41) is 1.74. The number of ether oxygens (including phenoxy) is 1. The number of esters is 1. The first-order valence-corrected chi connectivity index (χ1v) is 11.9. The number of hydrogen-bond acceptors (Lipinski definition) is 6. The highest BCUT2D eigenvalue weighted by Crippen LogP contribution is 2.20. The van der Waals surface area contributed by atoms with Crippen LogP contribution in [0.4, 0.5) is 0 Å². The van der Waals surface area contributed by atoms with Gasteiger partial charge in [0.05, 0.1) is 23.7 Å². The topological polar surface area (TPSA) is 90.6 Å². The maximum Gasteiger partial charge on any atom is 0.336 e. The van der Waals surface area contributed by atoms with Gasteiger partial charge in [-0.05, 0) is 68.3 Å². The molecule has 1 aliphatic heterocycles. The number of aryl methyl sites for hydroxylation is 2. The van der Waals surface area contributed by atoms with Gasteiger partial charge in [0.1, 0.15) is 11.2 Å². The van der Waals surface area contributed by atoms with Crippen molar-refractivity contribution in [2.45, 2.75) is 40.2 Å². The van der Waals surface area contributed by atoms with Crippen molar-refractivity contribution in [1.82, 2.24) is 14.0 Å². The number of nitrogens with zero attached hydrogens (tertiary/aromatic N) is 3. The minimum atomic E-state index is -0.554. The number of carbonyl (C=O) groups excluding carboxylic acids is 2. The molecule has 1 unspecified atom stereocenters. The molecule has 1 amide bonds. The number of likely N-dealkylation sites (tertiary alicyclic amines) is 1. The van der Waals surface area contributed by atoms with Gasteiger partial charge in [-0.2, -0.15) is 0 Å². The number of amides is 1. The van der Waals surface area contributed by atoms with Crippen molar-refractivity contribution in [3.05, 3.63) is 61.6 Å². The summed E-state index contributed by atoms with van der Waals surface area (Å²) in [7, 11) is 0. The van der Waals surface area contributed by atoms with Crippen LogP contribution in [-0.4, -0.2) is 45.6 Å². The molecule has 3 aromatic rings. The predicted octanol–water partition coefficient (Wildman–Crippen LogP) is 2.63. The van der Waals surface area contributed by atoms with Crippen LogP contribution in [0.1, 0.15) is 30.9 Å². The van der Waals surface area contributed by atoms with Crippen LogP contribution in [0.5, 0.6) is 0 Å². The molecule has 33 heavy (non-hydrogen) atoms. The minimum absolute atomic E-state index is 0.202. The largest absolute Gasteiger partial charge is 0.466 e. The number of benzene rings is 1. The lowest BCUT2D eigenvalue weighted by Gasteiger charge is -2.31. The lowest BCUT2D eigenvalue weighted by atomic mass is 9.98. The van der Waals surface area contributed by atoms with Crippen LogP contribution in [0.15, 0.2) is 39.2 Å². The second kappa shape index (κ2) is 9.35. The molecule has 1 aromatic carbocycles. The molecular formula is C24H27N3O5S. The summed E-state index contributed by atoms with van der Waals surface area (Å²) in [5.74, 6) is -0.912. The predicted molar refractivity (Wildman–Crippen MR) is 127 cm³/mol. The number of rotatable bonds is 5. The van der Waals surface area contributed by atoms with Crippen LogP contribution < -0.4 is 11.2 Å². The quantitative estimate of drug-likeness (QED) is 0.536. The normalized spacial score (nSPS) is 16.2. The van der Waals surface area contributed by atoms with Gasteiger partial charge in [-0.1, -0.05) is 6.07 Å². The lowest BCUT2D eigenvalue weighted by Crippen LogP contribution is -2.46. The first kappa shape index (κ1) is 23.0. The molecule has 3 heterocycles. The van der Waals surface area contributed by atoms with Crippen molar-refractivity contribution >= 4 is 33.4 Å². The van der Waals surface area contributed by atoms with Crippen LogP contribution in [0.3, 0.4) is 0 Å². The molecule has 0 N–H and O–H groups in total. The molecule has 1 aliphatic rings. The van der Waals surface area contributed by atoms with Gasteiger partial charge < -0.3 is 9.64 Å². The molecule has 0 radical (unpaired) electrons. The average Bonchev–Trinajstić information content (AvgIpc) is 3.29. The Balaban J connectivity index is 1.71. The van der Waals surface area contributed by atoms with E-state index in [1.165, 1.54) is 15.9 Å². The highest BCUT2D eigenvalue weighted by Gasteiger charge is 2.30. The smallest absolute Gasteiger partial charge is 0.336 e. The van der Waals surface area contributed by atoms with Crippen molar-refractivity contribution in [1.29, 1.82) is 0 Å². The fraction of sp³-hybridized carbons (Fsp3) is 0.417. The van der Waals surface area contributed by atoms with E-state index in [4.69, 9.17) is 4.74 Å². The Morgan fingerprint density at radius 1 is 1.15 bits per heavy atom. The number of carbonyl (C=O) groups is 2. The van der Waals surface area contributed by atoms with E-state index in [-0.39, 0.29) is 30.9 Å². The van der Waals surface area contributed by atoms with Gasteiger partial charge in [0.2, 0.25) is 5.91 Å². The summed E-state index contributed by atoms with van der Waals surface area (Å²) in [6.07, 6.45) is 1.37. The number of hydrogen-bond donors (Lipinski definition) is 0. The van der Waals surface area contributed by atoms with Crippen LogP contribution in [0, 0.1) is 19.8 Å². The third-order valence-corrected chi connectivity index (χ3v) is 7.08. The van der Waals surface area contributed by atoms with Crippen LogP contribution in [0.25, 0.3) is 15.9 Å². The lowest BCUT2D eigenvalue weighted by molar-refractivity contribution is -0.151. The molecule has 1 saturated heterocycles. The first-order chi connectivity index (χ1) is 15.8. The summed E-state index contributed by atoms with van der Waals surface area (Å²) in [6.45, 7) is 6.53. The zero-order valence-corrected chi connectivity index (χ0v) is 19.8.